The van der Waals surface area contributed by atoms with Crippen LogP contribution in [0.2, 0.25) is 5.15 Å². The minimum atomic E-state index is -0.999. The quantitative estimate of drug-likeness (QED) is 0.644. The number of aromatic nitrogens is 1. The number of nitrogens with zero attached hydrogens (tertiary/aromatic N) is 1. The molecule has 3 nitrogen and oxygen atoms in total. The highest BCUT2D eigenvalue weighted by Crippen LogP contribution is 2.23. The molecule has 0 spiro atoms. The van der Waals surface area contributed by atoms with E-state index >= 15 is 0 Å². The van der Waals surface area contributed by atoms with Crippen molar-refractivity contribution in [2.24, 2.45) is 0 Å². The van der Waals surface area contributed by atoms with Gasteiger partial charge in [0, 0.05) is 17.1 Å². The van der Waals surface area contributed by atoms with Crippen LogP contribution >= 0.6 is 27.5 Å². The van der Waals surface area contributed by atoms with Gasteiger partial charge in [-0.25, -0.2) is 4.98 Å². The van der Waals surface area contributed by atoms with Crippen molar-refractivity contribution in [2.75, 3.05) is 5.33 Å². The van der Waals surface area contributed by atoms with Crippen molar-refractivity contribution in [2.45, 2.75) is 12.2 Å². The highest BCUT2D eigenvalue weighted by molar-refractivity contribution is 9.09. The van der Waals surface area contributed by atoms with Crippen LogP contribution in [-0.4, -0.2) is 26.6 Å². The monoisotopic (exact) mass is 265 g/mol. The number of alkyl halides is 1. The maximum Gasteiger partial charge on any atom is 0.134 e. The van der Waals surface area contributed by atoms with E-state index in [1.807, 2.05) is 0 Å². The van der Waals surface area contributed by atoms with E-state index in [0.717, 1.165) is 0 Å². The fourth-order valence-corrected chi connectivity index (χ4v) is 1.50. The van der Waals surface area contributed by atoms with Crippen molar-refractivity contribution in [3.8, 4) is 0 Å². The second-order valence-corrected chi connectivity index (χ2v) is 3.56. The van der Waals surface area contributed by atoms with Crippen molar-refractivity contribution < 1.29 is 10.2 Å². The highest BCUT2D eigenvalue weighted by Gasteiger charge is 2.19. The zero-order valence-corrected chi connectivity index (χ0v) is 9.03. The second-order valence-electron chi connectivity index (χ2n) is 2.55. The Balaban J connectivity index is 2.88. The third-order valence-corrected chi connectivity index (χ3v) is 2.61. The molecule has 2 N–H and O–H groups in total. The van der Waals surface area contributed by atoms with Crippen molar-refractivity contribution >= 4 is 27.5 Å². The topological polar surface area (TPSA) is 53.4 Å². The largest absolute Gasteiger partial charge is 0.389 e. The molecule has 0 amide bonds. The Labute approximate surface area is 89.5 Å². The molecule has 2 unspecified atom stereocenters. The summed E-state index contributed by atoms with van der Waals surface area (Å²) in [6.45, 7) is 0. The number of aliphatic hydroxyl groups is 2. The van der Waals surface area contributed by atoms with Crippen LogP contribution in [-0.2, 0) is 0 Å². The van der Waals surface area contributed by atoms with E-state index < -0.39 is 12.2 Å². The lowest BCUT2D eigenvalue weighted by molar-refractivity contribution is 0.0341. The average molecular weight is 267 g/mol. The van der Waals surface area contributed by atoms with Gasteiger partial charge in [-0.05, 0) is 6.07 Å². The van der Waals surface area contributed by atoms with Crippen molar-refractivity contribution in [3.63, 3.8) is 0 Å². The predicted molar refractivity (Wildman–Crippen MR) is 54.0 cm³/mol. The standard InChI is InChI=1S/C8H9BrClNO2/c9-4-6(12)7(13)5-2-1-3-11-8(5)10/h1-3,6-7,12-13H,4H2. The molecule has 1 aromatic heterocycles. The maximum absolute atomic E-state index is 9.57. The van der Waals surface area contributed by atoms with E-state index in [2.05, 4.69) is 20.9 Å². The predicted octanol–water partition coefficient (Wildman–Crippen LogP) is 1.52. The molecule has 0 aliphatic carbocycles. The van der Waals surface area contributed by atoms with Gasteiger partial charge in [0.2, 0.25) is 0 Å². The minimum Gasteiger partial charge on any atom is -0.389 e. The lowest BCUT2D eigenvalue weighted by Crippen LogP contribution is -2.19. The van der Waals surface area contributed by atoms with E-state index in [9.17, 15) is 10.2 Å². The summed E-state index contributed by atoms with van der Waals surface area (Å²) < 4.78 is 0. The molecular weight excluding hydrogens is 257 g/mol. The molecular formula is C8H9BrClNO2. The van der Waals surface area contributed by atoms with Crippen LogP contribution in [0.25, 0.3) is 0 Å². The van der Waals surface area contributed by atoms with E-state index in [1.54, 1.807) is 12.1 Å². The fourth-order valence-electron chi connectivity index (χ4n) is 0.911. The summed E-state index contributed by atoms with van der Waals surface area (Å²) in [5.74, 6) is 0. The number of hydrogen-bond donors (Lipinski definition) is 2. The first-order valence-corrected chi connectivity index (χ1v) is 5.19. The molecule has 0 aliphatic heterocycles. The molecule has 0 bridgehead atoms. The minimum absolute atomic E-state index is 0.218. The molecule has 13 heavy (non-hydrogen) atoms. The van der Waals surface area contributed by atoms with E-state index in [4.69, 9.17) is 11.6 Å². The summed E-state index contributed by atoms with van der Waals surface area (Å²) in [6, 6.07) is 3.29. The zero-order valence-electron chi connectivity index (χ0n) is 6.69. The normalized spacial score (nSPS) is 15.4. The van der Waals surface area contributed by atoms with Crippen LogP contribution < -0.4 is 0 Å². The summed E-state index contributed by atoms with van der Waals surface area (Å²) in [7, 11) is 0. The Morgan fingerprint density at radius 3 is 2.77 bits per heavy atom. The molecule has 0 fully saturated rings. The molecule has 0 radical (unpaired) electrons. The Hall–Kier alpha value is -0.160. The van der Waals surface area contributed by atoms with E-state index in [-0.39, 0.29) is 5.15 Å². The lowest BCUT2D eigenvalue weighted by Gasteiger charge is -2.16. The fraction of sp³-hybridized carbons (Fsp3) is 0.375. The van der Waals surface area contributed by atoms with Crippen molar-refractivity contribution in [3.05, 3.63) is 29.0 Å². The highest BCUT2D eigenvalue weighted by atomic mass is 79.9. The summed E-state index contributed by atoms with van der Waals surface area (Å²) in [4.78, 5) is 3.80. The first kappa shape index (κ1) is 10.9. The van der Waals surface area contributed by atoms with Crippen LogP contribution in [0.3, 0.4) is 0 Å². The summed E-state index contributed by atoms with van der Waals surface area (Å²) in [5, 5.41) is 19.4. The molecule has 0 aromatic carbocycles. The van der Waals surface area contributed by atoms with Gasteiger partial charge in [-0.1, -0.05) is 33.6 Å². The van der Waals surface area contributed by atoms with Crippen LogP contribution in [0.1, 0.15) is 11.7 Å². The number of pyridine rings is 1. The lowest BCUT2D eigenvalue weighted by atomic mass is 10.1. The Bertz CT molecular complexity index is 285. The van der Waals surface area contributed by atoms with Gasteiger partial charge in [0.15, 0.2) is 0 Å². The van der Waals surface area contributed by atoms with E-state index in [1.165, 1.54) is 6.20 Å². The van der Waals surface area contributed by atoms with Gasteiger partial charge < -0.3 is 10.2 Å². The van der Waals surface area contributed by atoms with Gasteiger partial charge in [-0.15, -0.1) is 0 Å². The van der Waals surface area contributed by atoms with Gasteiger partial charge in [0.25, 0.3) is 0 Å². The molecule has 0 saturated carbocycles. The number of aliphatic hydroxyl groups excluding tert-OH is 2. The smallest absolute Gasteiger partial charge is 0.134 e. The van der Waals surface area contributed by atoms with Gasteiger partial charge in [-0.2, -0.15) is 0 Å². The molecule has 1 heterocycles. The molecule has 2 atom stereocenters. The first-order chi connectivity index (χ1) is 6.16. The van der Waals surface area contributed by atoms with Gasteiger partial charge in [0.1, 0.15) is 11.3 Å². The Kier molecular flexibility index (Phi) is 4.12. The van der Waals surface area contributed by atoms with Crippen LogP contribution in [0.5, 0.6) is 0 Å². The van der Waals surface area contributed by atoms with Gasteiger partial charge >= 0.3 is 0 Å². The van der Waals surface area contributed by atoms with Gasteiger partial charge in [-0.3, -0.25) is 0 Å². The molecule has 1 aromatic rings. The zero-order chi connectivity index (χ0) is 9.84. The maximum atomic E-state index is 9.57. The molecule has 1 rings (SSSR count). The average Bonchev–Trinajstić information content (AvgIpc) is 2.16. The van der Waals surface area contributed by atoms with Crippen LogP contribution in [0, 0.1) is 0 Å². The molecule has 72 valence electrons. The number of rotatable bonds is 3. The summed E-state index contributed by atoms with van der Waals surface area (Å²) >= 11 is 8.79. The number of hydrogen-bond acceptors (Lipinski definition) is 3. The summed E-state index contributed by atoms with van der Waals surface area (Å²) in [5.41, 5.74) is 0.441. The van der Waals surface area contributed by atoms with Crippen LogP contribution in [0.4, 0.5) is 0 Å². The third-order valence-electron chi connectivity index (χ3n) is 1.63. The second kappa shape index (κ2) is 4.91. The van der Waals surface area contributed by atoms with Gasteiger partial charge in [0.05, 0.1) is 6.10 Å². The van der Waals surface area contributed by atoms with Crippen molar-refractivity contribution in [1.29, 1.82) is 0 Å². The Morgan fingerprint density at radius 2 is 2.23 bits per heavy atom. The first-order valence-electron chi connectivity index (χ1n) is 3.69. The number of halogens is 2. The molecule has 5 heteroatoms. The van der Waals surface area contributed by atoms with Crippen LogP contribution in [0.15, 0.2) is 18.3 Å². The van der Waals surface area contributed by atoms with Crippen molar-refractivity contribution in [1.82, 2.24) is 4.98 Å². The van der Waals surface area contributed by atoms with E-state index in [0.29, 0.717) is 10.9 Å². The Morgan fingerprint density at radius 1 is 1.54 bits per heavy atom. The third kappa shape index (κ3) is 2.64. The SMILES string of the molecule is OC(CBr)C(O)c1cccnc1Cl. The molecule has 0 aliphatic rings. The summed E-state index contributed by atoms with van der Waals surface area (Å²) in [6.07, 6.45) is -0.346. The molecule has 0 saturated heterocycles.